The number of halogens is 1. The highest BCUT2D eigenvalue weighted by Crippen LogP contribution is 1.93. The summed E-state index contributed by atoms with van der Waals surface area (Å²) in [6.07, 6.45) is 1.08. The first-order valence-corrected chi connectivity index (χ1v) is 2.86. The molecule has 51 valence electrons. The van der Waals surface area contributed by atoms with Crippen molar-refractivity contribution in [3.63, 3.8) is 0 Å². The Morgan fingerprint density at radius 3 is 2.78 bits per heavy atom. The maximum atomic E-state index is 10.3. The van der Waals surface area contributed by atoms with Gasteiger partial charge in [0.1, 0.15) is 6.61 Å². The molecular formula is C6H8ClO2. The topological polar surface area (TPSA) is 26.3 Å². The first kappa shape index (κ1) is 8.50. The molecule has 0 aromatic rings. The van der Waals surface area contributed by atoms with Crippen LogP contribution in [0.25, 0.3) is 0 Å². The van der Waals surface area contributed by atoms with E-state index >= 15 is 0 Å². The molecule has 0 aliphatic heterocycles. The summed E-state index contributed by atoms with van der Waals surface area (Å²) in [7, 11) is 0. The molecule has 9 heavy (non-hydrogen) atoms. The van der Waals surface area contributed by atoms with E-state index in [-0.39, 0.29) is 12.0 Å². The normalized spacial score (nSPS) is 12.2. The average molecular weight is 148 g/mol. The van der Waals surface area contributed by atoms with Crippen molar-refractivity contribution in [2.45, 2.75) is 5.38 Å². The first-order valence-electron chi connectivity index (χ1n) is 2.43. The highest BCUT2D eigenvalue weighted by Gasteiger charge is 1.98. The number of carbonyl (C=O) groups is 1. The zero-order valence-electron chi connectivity index (χ0n) is 4.97. The summed E-state index contributed by atoms with van der Waals surface area (Å²) in [4.78, 5) is 10.3. The predicted octanol–water partition coefficient (Wildman–Crippen LogP) is 1.16. The summed E-state index contributed by atoms with van der Waals surface area (Å²) in [5, 5.41) is -0.381. The smallest absolute Gasteiger partial charge is 0.330 e. The van der Waals surface area contributed by atoms with Gasteiger partial charge in [-0.25, -0.2) is 4.79 Å². The van der Waals surface area contributed by atoms with E-state index in [1.54, 1.807) is 0 Å². The summed E-state index contributed by atoms with van der Waals surface area (Å²) < 4.78 is 4.50. The highest BCUT2D eigenvalue weighted by molar-refractivity contribution is 6.21. The molecule has 0 bridgehead atoms. The highest BCUT2D eigenvalue weighted by atomic mass is 35.5. The van der Waals surface area contributed by atoms with Crippen LogP contribution in [0, 0.1) is 6.92 Å². The summed E-state index contributed by atoms with van der Waals surface area (Å²) in [6.45, 7) is 6.73. The third kappa shape index (κ3) is 5.37. The third-order valence-electron chi connectivity index (χ3n) is 0.573. The lowest BCUT2D eigenvalue weighted by molar-refractivity contribution is -0.137. The number of alkyl halides is 1. The minimum Gasteiger partial charge on any atom is -0.461 e. The van der Waals surface area contributed by atoms with Gasteiger partial charge in [0.15, 0.2) is 0 Å². The van der Waals surface area contributed by atoms with Gasteiger partial charge in [-0.1, -0.05) is 6.58 Å². The van der Waals surface area contributed by atoms with E-state index in [0.717, 1.165) is 6.08 Å². The van der Waals surface area contributed by atoms with Gasteiger partial charge in [-0.3, -0.25) is 0 Å². The molecule has 0 rings (SSSR count). The Morgan fingerprint density at radius 1 is 1.89 bits per heavy atom. The minimum absolute atomic E-state index is 0.131. The lowest BCUT2D eigenvalue weighted by Crippen LogP contribution is -2.08. The van der Waals surface area contributed by atoms with Crippen LogP contribution >= 0.6 is 11.6 Å². The zero-order chi connectivity index (χ0) is 7.28. The van der Waals surface area contributed by atoms with Crippen molar-refractivity contribution in [3.05, 3.63) is 19.6 Å². The van der Waals surface area contributed by atoms with Crippen LogP contribution in [-0.2, 0) is 9.53 Å². The molecule has 0 N–H and O–H groups in total. The van der Waals surface area contributed by atoms with Crippen molar-refractivity contribution in [2.24, 2.45) is 0 Å². The van der Waals surface area contributed by atoms with E-state index < -0.39 is 5.97 Å². The fraction of sp³-hybridized carbons (Fsp3) is 0.333. The van der Waals surface area contributed by atoms with E-state index in [1.165, 1.54) is 0 Å². The second-order valence-electron chi connectivity index (χ2n) is 1.43. The van der Waals surface area contributed by atoms with Crippen molar-refractivity contribution < 1.29 is 9.53 Å². The van der Waals surface area contributed by atoms with Crippen LogP contribution in [-0.4, -0.2) is 18.0 Å². The van der Waals surface area contributed by atoms with Crippen LogP contribution in [0.1, 0.15) is 0 Å². The van der Waals surface area contributed by atoms with Gasteiger partial charge < -0.3 is 4.74 Å². The molecule has 3 heteroatoms. The molecule has 0 saturated carbocycles. The van der Waals surface area contributed by atoms with Crippen LogP contribution in [0.5, 0.6) is 0 Å². The minimum atomic E-state index is -0.468. The number of carbonyl (C=O) groups excluding carboxylic acids is 1. The number of hydrogen-bond acceptors (Lipinski definition) is 2. The van der Waals surface area contributed by atoms with Crippen LogP contribution in [0.4, 0.5) is 0 Å². The zero-order valence-corrected chi connectivity index (χ0v) is 5.73. The van der Waals surface area contributed by atoms with Gasteiger partial charge in [-0.2, -0.15) is 0 Å². The Morgan fingerprint density at radius 2 is 2.44 bits per heavy atom. The number of ether oxygens (including phenoxy) is 1. The largest absolute Gasteiger partial charge is 0.461 e. The van der Waals surface area contributed by atoms with Gasteiger partial charge >= 0.3 is 5.97 Å². The molecule has 0 spiro atoms. The molecule has 1 unspecified atom stereocenters. The molecule has 0 saturated heterocycles. The van der Waals surface area contributed by atoms with Crippen LogP contribution < -0.4 is 0 Å². The number of esters is 1. The van der Waals surface area contributed by atoms with Crippen molar-refractivity contribution >= 4 is 17.6 Å². The van der Waals surface area contributed by atoms with Gasteiger partial charge in [-0.15, -0.1) is 11.6 Å². The van der Waals surface area contributed by atoms with Crippen molar-refractivity contribution in [2.75, 3.05) is 6.61 Å². The Balaban J connectivity index is 3.27. The molecule has 1 atom stereocenters. The Labute approximate surface area is 59.5 Å². The molecule has 0 fully saturated rings. The quantitative estimate of drug-likeness (QED) is 0.340. The van der Waals surface area contributed by atoms with E-state index in [4.69, 9.17) is 11.6 Å². The summed E-state index contributed by atoms with van der Waals surface area (Å²) in [5.41, 5.74) is 0. The molecule has 0 amide bonds. The fourth-order valence-electron chi connectivity index (χ4n) is 0.231. The molecule has 0 aliphatic carbocycles. The van der Waals surface area contributed by atoms with Crippen LogP contribution in [0.15, 0.2) is 12.7 Å². The summed E-state index contributed by atoms with van der Waals surface area (Å²) in [5.74, 6) is -0.468. The standard InChI is InChI=1S/C6H8ClO2/c1-3-6(8)9-4-5(2)7/h3,5H,1-2,4H2. The SMILES string of the molecule is [CH2]C(Cl)COC(=O)C=C. The number of rotatable bonds is 3. The Bertz CT molecular complexity index is 110. The van der Waals surface area contributed by atoms with E-state index in [1.807, 2.05) is 0 Å². The maximum absolute atomic E-state index is 10.3. The molecular weight excluding hydrogens is 140 g/mol. The van der Waals surface area contributed by atoms with Crippen molar-refractivity contribution in [1.82, 2.24) is 0 Å². The second-order valence-corrected chi connectivity index (χ2v) is 2.05. The van der Waals surface area contributed by atoms with Crippen LogP contribution in [0.3, 0.4) is 0 Å². The van der Waals surface area contributed by atoms with Gasteiger partial charge in [0, 0.05) is 6.08 Å². The van der Waals surface area contributed by atoms with E-state index in [0.29, 0.717) is 0 Å². The first-order chi connectivity index (χ1) is 4.16. The molecule has 0 heterocycles. The maximum Gasteiger partial charge on any atom is 0.330 e. The monoisotopic (exact) mass is 147 g/mol. The molecule has 0 aliphatic rings. The van der Waals surface area contributed by atoms with Crippen molar-refractivity contribution in [3.8, 4) is 0 Å². The summed E-state index contributed by atoms with van der Waals surface area (Å²) in [6, 6.07) is 0. The van der Waals surface area contributed by atoms with Gasteiger partial charge in [-0.05, 0) is 6.92 Å². The fourth-order valence-corrected chi connectivity index (χ4v) is 0.294. The van der Waals surface area contributed by atoms with Crippen LogP contribution in [0.2, 0.25) is 0 Å². The molecule has 2 nitrogen and oxygen atoms in total. The second kappa shape index (κ2) is 4.39. The van der Waals surface area contributed by atoms with Gasteiger partial charge in [0.05, 0.1) is 5.38 Å². The third-order valence-corrected chi connectivity index (χ3v) is 0.699. The lowest BCUT2D eigenvalue weighted by atomic mass is 10.5. The molecule has 1 radical (unpaired) electrons. The van der Waals surface area contributed by atoms with Crippen molar-refractivity contribution in [1.29, 1.82) is 0 Å². The van der Waals surface area contributed by atoms with Gasteiger partial charge in [0.2, 0.25) is 0 Å². The van der Waals surface area contributed by atoms with E-state index in [9.17, 15) is 4.79 Å². The Hall–Kier alpha value is -0.500. The lowest BCUT2D eigenvalue weighted by Gasteiger charge is -2.00. The number of hydrogen-bond donors (Lipinski definition) is 0. The molecule has 0 aromatic heterocycles. The molecule has 0 aromatic carbocycles. The average Bonchev–Trinajstić information content (AvgIpc) is 1.83. The van der Waals surface area contributed by atoms with E-state index in [2.05, 4.69) is 18.2 Å². The van der Waals surface area contributed by atoms with Gasteiger partial charge in [0.25, 0.3) is 0 Å². The predicted molar refractivity (Wildman–Crippen MR) is 36.2 cm³/mol. The summed E-state index contributed by atoms with van der Waals surface area (Å²) >= 11 is 5.36. The Kier molecular flexibility index (Phi) is 4.14.